The van der Waals surface area contributed by atoms with Crippen LogP contribution in [-0.4, -0.2) is 17.5 Å². The lowest BCUT2D eigenvalue weighted by atomic mass is 10.1. The first-order chi connectivity index (χ1) is 5.34. The van der Waals surface area contributed by atoms with Gasteiger partial charge in [-0.2, -0.15) is 0 Å². The fraction of sp³-hybridized carbons (Fsp3) is 0.333. The molecule has 0 heterocycles. The van der Waals surface area contributed by atoms with Crippen LogP contribution in [0.15, 0.2) is 23.8 Å². The van der Waals surface area contributed by atoms with Crippen LogP contribution in [0, 0.1) is 6.42 Å². The molecule has 0 aliphatic heterocycles. The molecule has 0 aromatic carbocycles. The molecule has 0 amide bonds. The van der Waals surface area contributed by atoms with Gasteiger partial charge in [-0.05, 0) is 6.42 Å². The molecule has 1 aliphatic rings. The first-order valence-electron chi connectivity index (χ1n) is 3.70. The maximum atomic E-state index is 11.2. The van der Waals surface area contributed by atoms with Crippen molar-refractivity contribution in [2.75, 3.05) is 6.61 Å². The molecular weight excluding hydrogens is 140 g/mol. The molecule has 0 unspecified atom stereocenters. The zero-order valence-electron chi connectivity index (χ0n) is 6.29. The molecule has 0 atom stereocenters. The van der Waals surface area contributed by atoms with Gasteiger partial charge in [0.1, 0.15) is 0 Å². The molecule has 0 bridgehead atoms. The predicted molar refractivity (Wildman–Crippen MR) is 42.8 cm³/mol. The molecule has 0 aromatic heterocycles. The van der Waals surface area contributed by atoms with Crippen LogP contribution in [0.3, 0.4) is 0 Å². The minimum atomic E-state index is 0.0897. The van der Waals surface area contributed by atoms with Crippen molar-refractivity contribution < 1.29 is 9.90 Å². The summed E-state index contributed by atoms with van der Waals surface area (Å²) in [6.07, 6.45) is 8.27. The van der Waals surface area contributed by atoms with Gasteiger partial charge in [-0.3, -0.25) is 4.79 Å². The van der Waals surface area contributed by atoms with E-state index in [1.54, 1.807) is 12.5 Å². The van der Waals surface area contributed by atoms with Crippen LogP contribution >= 0.6 is 0 Å². The highest BCUT2D eigenvalue weighted by Gasteiger charge is 2.08. The SMILES string of the molecule is O=C(CCCO)C1=CC=C[CH]1. The molecule has 1 aliphatic carbocycles. The summed E-state index contributed by atoms with van der Waals surface area (Å²) in [6, 6.07) is 0. The van der Waals surface area contributed by atoms with Gasteiger partial charge in [0.25, 0.3) is 0 Å². The van der Waals surface area contributed by atoms with Gasteiger partial charge in [0.2, 0.25) is 0 Å². The van der Waals surface area contributed by atoms with Gasteiger partial charge >= 0.3 is 0 Å². The number of carbonyl (C=O) groups is 1. The molecule has 1 radical (unpaired) electrons. The highest BCUT2D eigenvalue weighted by molar-refractivity contribution is 5.98. The van der Waals surface area contributed by atoms with E-state index in [-0.39, 0.29) is 12.4 Å². The van der Waals surface area contributed by atoms with E-state index in [4.69, 9.17) is 5.11 Å². The van der Waals surface area contributed by atoms with E-state index in [1.807, 2.05) is 12.2 Å². The monoisotopic (exact) mass is 151 g/mol. The third kappa shape index (κ3) is 2.31. The number of carbonyl (C=O) groups excluding carboxylic acids is 1. The highest BCUT2D eigenvalue weighted by Crippen LogP contribution is 2.12. The van der Waals surface area contributed by atoms with E-state index in [2.05, 4.69) is 0 Å². The van der Waals surface area contributed by atoms with Crippen LogP contribution in [0.1, 0.15) is 12.8 Å². The van der Waals surface area contributed by atoms with Crippen LogP contribution in [0.4, 0.5) is 0 Å². The van der Waals surface area contributed by atoms with E-state index in [0.29, 0.717) is 12.8 Å². The Bertz CT molecular complexity index is 202. The maximum Gasteiger partial charge on any atom is 0.159 e. The van der Waals surface area contributed by atoms with Crippen molar-refractivity contribution in [3.05, 3.63) is 30.2 Å². The lowest BCUT2D eigenvalue weighted by Crippen LogP contribution is -2.01. The number of hydrogen-bond acceptors (Lipinski definition) is 2. The number of Topliss-reactive ketones (excluding diaryl/α,β-unsaturated/α-hetero) is 1. The third-order valence-electron chi connectivity index (χ3n) is 1.55. The molecule has 0 fully saturated rings. The maximum absolute atomic E-state index is 11.2. The van der Waals surface area contributed by atoms with E-state index < -0.39 is 0 Å². The average molecular weight is 151 g/mol. The molecule has 0 saturated heterocycles. The van der Waals surface area contributed by atoms with Crippen molar-refractivity contribution in [3.8, 4) is 0 Å². The smallest absolute Gasteiger partial charge is 0.159 e. The Morgan fingerprint density at radius 3 is 2.82 bits per heavy atom. The first-order valence-corrected chi connectivity index (χ1v) is 3.70. The number of aliphatic hydroxyl groups is 1. The lowest BCUT2D eigenvalue weighted by molar-refractivity contribution is -0.115. The van der Waals surface area contributed by atoms with Crippen LogP contribution in [0.5, 0.6) is 0 Å². The summed E-state index contributed by atoms with van der Waals surface area (Å²) in [5, 5.41) is 8.46. The molecular formula is C9H11O2. The van der Waals surface area contributed by atoms with Gasteiger partial charge in [0.05, 0.1) is 0 Å². The van der Waals surface area contributed by atoms with Crippen molar-refractivity contribution in [1.82, 2.24) is 0 Å². The van der Waals surface area contributed by atoms with Gasteiger partial charge in [0, 0.05) is 25.0 Å². The standard InChI is InChI=1S/C9H11O2/c10-7-3-6-9(11)8-4-1-2-5-8/h1-2,4-5,10H,3,6-7H2. The largest absolute Gasteiger partial charge is 0.396 e. The fourth-order valence-corrected chi connectivity index (χ4v) is 0.944. The summed E-state index contributed by atoms with van der Waals surface area (Å²) in [6.45, 7) is 0.0897. The minimum Gasteiger partial charge on any atom is -0.396 e. The predicted octanol–water partition coefficient (Wildman–Crippen LogP) is 1.03. The van der Waals surface area contributed by atoms with E-state index in [1.165, 1.54) is 0 Å². The Hall–Kier alpha value is -0.890. The van der Waals surface area contributed by atoms with Crippen molar-refractivity contribution in [2.45, 2.75) is 12.8 Å². The van der Waals surface area contributed by atoms with E-state index in [0.717, 1.165) is 5.57 Å². The Labute approximate surface area is 66.2 Å². The third-order valence-corrected chi connectivity index (χ3v) is 1.55. The van der Waals surface area contributed by atoms with Crippen molar-refractivity contribution >= 4 is 5.78 Å². The number of hydrogen-bond donors (Lipinski definition) is 1. The molecule has 1 rings (SSSR count). The van der Waals surface area contributed by atoms with Crippen LogP contribution < -0.4 is 0 Å². The fourth-order valence-electron chi connectivity index (χ4n) is 0.944. The van der Waals surface area contributed by atoms with Crippen molar-refractivity contribution in [1.29, 1.82) is 0 Å². The van der Waals surface area contributed by atoms with Gasteiger partial charge in [-0.1, -0.05) is 18.2 Å². The Morgan fingerprint density at radius 1 is 1.45 bits per heavy atom. The van der Waals surface area contributed by atoms with Crippen molar-refractivity contribution in [3.63, 3.8) is 0 Å². The van der Waals surface area contributed by atoms with Crippen LogP contribution in [-0.2, 0) is 4.79 Å². The molecule has 2 nitrogen and oxygen atoms in total. The Balaban J connectivity index is 2.31. The van der Waals surface area contributed by atoms with Gasteiger partial charge in [0.15, 0.2) is 5.78 Å². The minimum absolute atomic E-state index is 0.0897. The summed E-state index contributed by atoms with van der Waals surface area (Å²) >= 11 is 0. The van der Waals surface area contributed by atoms with Gasteiger partial charge < -0.3 is 5.11 Å². The summed E-state index contributed by atoms with van der Waals surface area (Å²) < 4.78 is 0. The molecule has 59 valence electrons. The topological polar surface area (TPSA) is 37.3 Å². The number of rotatable bonds is 4. The summed E-state index contributed by atoms with van der Waals surface area (Å²) in [4.78, 5) is 11.2. The van der Waals surface area contributed by atoms with Crippen molar-refractivity contribution in [2.24, 2.45) is 0 Å². The number of allylic oxidation sites excluding steroid dienone is 4. The second-order valence-electron chi connectivity index (χ2n) is 2.42. The second kappa shape index (κ2) is 4.09. The summed E-state index contributed by atoms with van der Waals surface area (Å²) in [5.74, 6) is 0.115. The Morgan fingerprint density at radius 2 is 2.27 bits per heavy atom. The molecule has 1 N–H and O–H groups in total. The molecule has 0 spiro atoms. The zero-order valence-corrected chi connectivity index (χ0v) is 6.29. The number of ketones is 1. The molecule has 0 saturated carbocycles. The van der Waals surface area contributed by atoms with E-state index in [9.17, 15) is 4.79 Å². The van der Waals surface area contributed by atoms with Gasteiger partial charge in [-0.25, -0.2) is 0 Å². The zero-order chi connectivity index (χ0) is 8.10. The average Bonchev–Trinajstić information content (AvgIpc) is 2.52. The normalized spacial score (nSPS) is 15.2. The quantitative estimate of drug-likeness (QED) is 0.651. The summed E-state index contributed by atoms with van der Waals surface area (Å²) in [7, 11) is 0. The van der Waals surface area contributed by atoms with Crippen LogP contribution in [0.2, 0.25) is 0 Å². The first kappa shape index (κ1) is 8.21. The number of aliphatic hydroxyl groups excluding tert-OH is 1. The highest BCUT2D eigenvalue weighted by atomic mass is 16.3. The molecule has 11 heavy (non-hydrogen) atoms. The van der Waals surface area contributed by atoms with Crippen LogP contribution in [0.25, 0.3) is 0 Å². The lowest BCUT2D eigenvalue weighted by Gasteiger charge is -1.97. The van der Waals surface area contributed by atoms with E-state index >= 15 is 0 Å². The summed E-state index contributed by atoms with van der Waals surface area (Å²) in [5.41, 5.74) is 0.749. The second-order valence-corrected chi connectivity index (χ2v) is 2.42. The van der Waals surface area contributed by atoms with Gasteiger partial charge in [-0.15, -0.1) is 0 Å². The Kier molecular flexibility index (Phi) is 3.05. The molecule has 2 heteroatoms. The molecule has 0 aromatic rings.